The number of hydrogen-bond donors (Lipinski definition) is 3. The predicted octanol–water partition coefficient (Wildman–Crippen LogP) is 4.01. The summed E-state index contributed by atoms with van der Waals surface area (Å²) in [7, 11) is 0. The predicted molar refractivity (Wildman–Crippen MR) is 109 cm³/mol. The van der Waals surface area contributed by atoms with Crippen LogP contribution in [-0.2, 0) is 13.0 Å². The van der Waals surface area contributed by atoms with Gasteiger partial charge in [0.2, 0.25) is 0 Å². The van der Waals surface area contributed by atoms with Crippen molar-refractivity contribution in [3.8, 4) is 11.5 Å². The molecule has 156 valence electrons. The summed E-state index contributed by atoms with van der Waals surface area (Å²) in [6.07, 6.45) is 4.29. The van der Waals surface area contributed by atoms with Crippen LogP contribution in [0.1, 0.15) is 74.9 Å². The van der Waals surface area contributed by atoms with E-state index in [9.17, 15) is 15.1 Å². The average Bonchev–Trinajstić information content (AvgIpc) is 3.03. The van der Waals surface area contributed by atoms with Crippen LogP contribution in [-0.4, -0.2) is 27.5 Å². The molecule has 0 aromatic heterocycles. The van der Waals surface area contributed by atoms with Gasteiger partial charge in [0.1, 0.15) is 17.1 Å². The van der Waals surface area contributed by atoms with E-state index in [-0.39, 0.29) is 28.4 Å². The summed E-state index contributed by atoms with van der Waals surface area (Å²) < 4.78 is 7.01. The van der Waals surface area contributed by atoms with Crippen molar-refractivity contribution in [3.63, 3.8) is 0 Å². The van der Waals surface area contributed by atoms with Crippen molar-refractivity contribution in [1.82, 2.24) is 5.32 Å². The van der Waals surface area contributed by atoms with Crippen molar-refractivity contribution in [3.05, 3.63) is 22.8 Å². The van der Waals surface area contributed by atoms with Gasteiger partial charge in [0, 0.05) is 34.4 Å². The van der Waals surface area contributed by atoms with Crippen LogP contribution < -0.4 is 10.1 Å². The lowest BCUT2D eigenvalue weighted by Crippen LogP contribution is -2.69. The minimum absolute atomic E-state index is 0.150. The van der Waals surface area contributed by atoms with E-state index in [0.29, 0.717) is 30.2 Å². The molecule has 2 saturated carbocycles. The Morgan fingerprint density at radius 3 is 2.72 bits per heavy atom. The van der Waals surface area contributed by atoms with Gasteiger partial charge in [0.25, 0.3) is 5.91 Å². The third kappa shape index (κ3) is 2.12. The molecule has 1 aromatic rings. The second-order valence-corrected chi connectivity index (χ2v) is 10.3. The molecule has 6 nitrogen and oxygen atoms in total. The molecule has 5 rings (SSSR count). The Morgan fingerprint density at radius 2 is 2.00 bits per heavy atom. The van der Waals surface area contributed by atoms with Gasteiger partial charge in [0.05, 0.1) is 11.3 Å². The molecule has 6 heteroatoms. The smallest absolute Gasteiger partial charge is 0.252 e. The first-order valence-corrected chi connectivity index (χ1v) is 10.7. The standard InChI is InChI=1S/C23H30N2O4/c1-12-5-6-17-21(2,3)18(25-28)7-8-23(17)22(12,4)10-14-16(26)9-13-15(19(14)29-23)11-24-20(13)27/h9,12,17,26,28H,5-8,10-11H2,1-4H3,(H,24,27)/b25-18-/t12-,17-,22-,23+/m0/s1. The molecule has 2 aliphatic carbocycles. The molecule has 0 bridgehead atoms. The number of carbonyl (C=O) groups is 1. The van der Waals surface area contributed by atoms with Crippen molar-refractivity contribution in [2.24, 2.45) is 27.8 Å². The van der Waals surface area contributed by atoms with E-state index in [1.807, 2.05) is 0 Å². The number of nitrogens with zero attached hydrogens (tertiary/aromatic N) is 1. The lowest BCUT2D eigenvalue weighted by Gasteiger charge is -2.66. The summed E-state index contributed by atoms with van der Waals surface area (Å²) >= 11 is 0. The molecule has 29 heavy (non-hydrogen) atoms. The second-order valence-electron chi connectivity index (χ2n) is 10.3. The molecule has 2 fully saturated rings. The van der Waals surface area contributed by atoms with E-state index in [0.717, 1.165) is 42.5 Å². The first kappa shape index (κ1) is 18.8. The van der Waals surface area contributed by atoms with E-state index in [1.54, 1.807) is 6.07 Å². The average molecular weight is 399 g/mol. The summed E-state index contributed by atoms with van der Waals surface area (Å²) in [5.41, 5.74) is 2.23. The summed E-state index contributed by atoms with van der Waals surface area (Å²) in [5.74, 6) is 1.35. The molecule has 3 N–H and O–H groups in total. The number of oxime groups is 1. The topological polar surface area (TPSA) is 91.2 Å². The van der Waals surface area contributed by atoms with Gasteiger partial charge in [-0.1, -0.05) is 32.9 Å². The van der Waals surface area contributed by atoms with Crippen molar-refractivity contribution in [2.75, 3.05) is 0 Å². The Balaban J connectivity index is 1.73. The first-order chi connectivity index (χ1) is 13.7. The van der Waals surface area contributed by atoms with Gasteiger partial charge in [-0.25, -0.2) is 0 Å². The van der Waals surface area contributed by atoms with Crippen LogP contribution in [0.3, 0.4) is 0 Å². The minimum atomic E-state index is -0.414. The van der Waals surface area contributed by atoms with Gasteiger partial charge in [-0.2, -0.15) is 0 Å². The largest absolute Gasteiger partial charge is 0.508 e. The number of benzene rings is 1. The highest BCUT2D eigenvalue weighted by Gasteiger charge is 2.67. The van der Waals surface area contributed by atoms with E-state index in [4.69, 9.17) is 4.74 Å². The number of ether oxygens (including phenoxy) is 1. The van der Waals surface area contributed by atoms with Crippen LogP contribution in [0.4, 0.5) is 0 Å². The van der Waals surface area contributed by atoms with Gasteiger partial charge < -0.3 is 20.4 Å². The number of aromatic hydroxyl groups is 1. The Morgan fingerprint density at radius 1 is 1.24 bits per heavy atom. The molecule has 1 amide bonds. The molecule has 2 aliphatic heterocycles. The minimum Gasteiger partial charge on any atom is -0.508 e. The molecular weight excluding hydrogens is 368 g/mol. The highest BCUT2D eigenvalue weighted by molar-refractivity contribution is 6.00. The zero-order valence-electron chi connectivity index (χ0n) is 17.6. The second kappa shape index (κ2) is 5.67. The van der Waals surface area contributed by atoms with Gasteiger partial charge in [-0.05, 0) is 44.1 Å². The number of carbonyl (C=O) groups excluding carboxylic acids is 1. The van der Waals surface area contributed by atoms with Crippen LogP contribution >= 0.6 is 0 Å². The summed E-state index contributed by atoms with van der Waals surface area (Å²) in [6.45, 7) is 9.38. The first-order valence-electron chi connectivity index (χ1n) is 10.7. The normalized spacial score (nSPS) is 38.3. The van der Waals surface area contributed by atoms with Gasteiger partial charge in [0.15, 0.2) is 0 Å². The van der Waals surface area contributed by atoms with Crippen LogP contribution in [0.2, 0.25) is 0 Å². The molecule has 0 unspecified atom stereocenters. The van der Waals surface area contributed by atoms with Crippen molar-refractivity contribution >= 4 is 11.6 Å². The third-order valence-electron chi connectivity index (χ3n) is 8.94. The molecular formula is C23H30N2O4. The number of fused-ring (bicyclic) bond motifs is 3. The Bertz CT molecular complexity index is 953. The monoisotopic (exact) mass is 398 g/mol. The van der Waals surface area contributed by atoms with E-state index in [1.165, 1.54) is 0 Å². The quantitative estimate of drug-likeness (QED) is 0.455. The number of hydrogen-bond acceptors (Lipinski definition) is 5. The van der Waals surface area contributed by atoms with Crippen LogP contribution in [0, 0.1) is 22.7 Å². The van der Waals surface area contributed by atoms with Gasteiger partial charge in [-0.3, -0.25) is 4.79 Å². The molecule has 1 aromatic carbocycles. The van der Waals surface area contributed by atoms with E-state index < -0.39 is 5.60 Å². The van der Waals surface area contributed by atoms with Crippen LogP contribution in [0.5, 0.6) is 11.5 Å². The lowest BCUT2D eigenvalue weighted by atomic mass is 9.44. The maximum atomic E-state index is 12.2. The molecule has 2 heterocycles. The maximum absolute atomic E-state index is 12.2. The number of nitrogens with one attached hydrogen (secondary N) is 1. The fraction of sp³-hybridized carbons (Fsp3) is 0.652. The number of phenols is 1. The van der Waals surface area contributed by atoms with Gasteiger partial charge in [-0.15, -0.1) is 0 Å². The van der Waals surface area contributed by atoms with Crippen molar-refractivity contribution in [2.45, 2.75) is 71.9 Å². The molecule has 4 aliphatic rings. The summed E-state index contributed by atoms with van der Waals surface area (Å²) in [4.78, 5) is 12.2. The van der Waals surface area contributed by atoms with Crippen LogP contribution in [0.25, 0.3) is 0 Å². The SMILES string of the molecule is C[C@H]1CC[C@H]2C(C)(C)/C(=N\O)CC[C@@]23Oc2c(c(O)cc4c2CNC4=O)C[C@@]13C. The zero-order valence-corrected chi connectivity index (χ0v) is 17.6. The fourth-order valence-electron chi connectivity index (χ4n) is 6.97. The zero-order chi connectivity index (χ0) is 20.8. The molecule has 0 saturated heterocycles. The Labute approximate surface area is 171 Å². The Hall–Kier alpha value is -2.24. The van der Waals surface area contributed by atoms with Crippen molar-refractivity contribution in [1.29, 1.82) is 0 Å². The number of phenolic OH excluding ortho intramolecular Hbond substituents is 1. The number of rotatable bonds is 0. The molecule has 0 radical (unpaired) electrons. The highest BCUT2D eigenvalue weighted by Crippen LogP contribution is 2.66. The van der Waals surface area contributed by atoms with Crippen LogP contribution in [0.15, 0.2) is 11.2 Å². The number of amides is 1. The summed E-state index contributed by atoms with van der Waals surface area (Å²) in [5, 5.41) is 27.0. The fourth-order valence-corrected chi connectivity index (χ4v) is 6.97. The lowest BCUT2D eigenvalue weighted by molar-refractivity contribution is -0.191. The summed E-state index contributed by atoms with van der Waals surface area (Å²) in [6, 6.07) is 1.60. The highest BCUT2D eigenvalue weighted by atomic mass is 16.5. The maximum Gasteiger partial charge on any atom is 0.252 e. The molecule has 4 atom stereocenters. The third-order valence-corrected chi connectivity index (χ3v) is 8.94. The van der Waals surface area contributed by atoms with E-state index in [2.05, 4.69) is 38.2 Å². The van der Waals surface area contributed by atoms with Crippen molar-refractivity contribution < 1.29 is 19.8 Å². The van der Waals surface area contributed by atoms with Gasteiger partial charge >= 0.3 is 0 Å². The molecule has 1 spiro atoms. The van der Waals surface area contributed by atoms with E-state index >= 15 is 0 Å². The Kier molecular flexibility index (Phi) is 3.67.